The molecule has 0 aliphatic heterocycles. The molecule has 3 heterocycles. The lowest BCUT2D eigenvalue weighted by molar-refractivity contribution is 0.102. The van der Waals surface area contributed by atoms with Crippen LogP contribution in [-0.4, -0.2) is 39.4 Å². The van der Waals surface area contributed by atoms with Gasteiger partial charge in [-0.05, 0) is 45.9 Å². The van der Waals surface area contributed by atoms with E-state index < -0.39 is 0 Å². The Morgan fingerprint density at radius 1 is 1.21 bits per heavy atom. The molecule has 0 saturated carbocycles. The summed E-state index contributed by atoms with van der Waals surface area (Å²) in [7, 11) is 1.69. The quantitative estimate of drug-likeness (QED) is 0.398. The Morgan fingerprint density at radius 3 is 2.68 bits per heavy atom. The monoisotopic (exact) mass is 401 g/mol. The number of furan rings is 1. The van der Waals surface area contributed by atoms with Crippen LogP contribution in [0.3, 0.4) is 0 Å². The normalized spacial score (nSPS) is 11.3. The Kier molecular flexibility index (Phi) is 6.46. The molecule has 6 nitrogen and oxygen atoms in total. The molecule has 0 spiro atoms. The fourth-order valence-electron chi connectivity index (χ4n) is 3.27. The molecule has 7 heteroatoms. The number of thioether (sulfide) groups is 1. The van der Waals surface area contributed by atoms with Gasteiger partial charge in [0.2, 0.25) is 0 Å². The highest BCUT2D eigenvalue weighted by Gasteiger charge is 2.19. The zero-order valence-corrected chi connectivity index (χ0v) is 17.9. The first kappa shape index (κ1) is 20.5. The largest absolute Gasteiger partial charge is 0.467 e. The van der Waals surface area contributed by atoms with Crippen molar-refractivity contribution in [2.45, 2.75) is 45.9 Å². The van der Waals surface area contributed by atoms with Gasteiger partial charge in [0.25, 0.3) is 0 Å². The predicted molar refractivity (Wildman–Crippen MR) is 110 cm³/mol. The highest BCUT2D eigenvalue weighted by molar-refractivity contribution is 7.99. The number of carbonyl (C=O) groups is 1. The molecule has 0 aliphatic carbocycles. The van der Waals surface area contributed by atoms with Crippen molar-refractivity contribution in [3.8, 4) is 0 Å². The van der Waals surface area contributed by atoms with E-state index >= 15 is 0 Å². The third-order valence-electron chi connectivity index (χ3n) is 5.04. The van der Waals surface area contributed by atoms with E-state index in [9.17, 15) is 4.79 Å². The number of ether oxygens (including phenoxy) is 1. The molecule has 0 N–H and O–H groups in total. The lowest BCUT2D eigenvalue weighted by atomic mass is 10.2. The highest BCUT2D eigenvalue weighted by atomic mass is 32.2. The van der Waals surface area contributed by atoms with Crippen molar-refractivity contribution in [2.24, 2.45) is 0 Å². The number of nitrogens with zero attached hydrogens (tertiary/aromatic N) is 3. The average Bonchev–Trinajstić information content (AvgIpc) is 3.35. The van der Waals surface area contributed by atoms with Gasteiger partial charge in [-0.15, -0.1) is 0 Å². The third kappa shape index (κ3) is 4.25. The minimum absolute atomic E-state index is 0.111. The second-order valence-corrected chi connectivity index (χ2v) is 7.81. The number of aryl methyl sites for hydroxylation is 2. The van der Waals surface area contributed by atoms with Crippen LogP contribution in [0.1, 0.15) is 38.9 Å². The standard InChI is InChI=1S/C21H27N3O3S/c1-14-11-19(17(4)24(14)12-18-7-6-9-27-18)20(25)13-28-21-22-15(2)16(3)23(21)8-10-26-5/h6-7,9,11H,8,10,12-13H2,1-5H3. The molecule has 0 atom stereocenters. The molecule has 0 amide bonds. The van der Waals surface area contributed by atoms with Gasteiger partial charge in [0.15, 0.2) is 10.9 Å². The van der Waals surface area contributed by atoms with Crippen molar-refractivity contribution >= 4 is 17.5 Å². The van der Waals surface area contributed by atoms with Gasteiger partial charge in [-0.3, -0.25) is 4.79 Å². The molecule has 0 unspecified atom stereocenters. The van der Waals surface area contributed by atoms with Crippen LogP contribution in [-0.2, 0) is 17.8 Å². The van der Waals surface area contributed by atoms with E-state index in [-0.39, 0.29) is 5.78 Å². The van der Waals surface area contributed by atoms with Gasteiger partial charge < -0.3 is 18.3 Å². The van der Waals surface area contributed by atoms with Gasteiger partial charge in [0, 0.05) is 36.3 Å². The van der Waals surface area contributed by atoms with E-state index in [1.165, 1.54) is 11.8 Å². The Labute approximate surface area is 169 Å². The summed E-state index contributed by atoms with van der Waals surface area (Å²) in [6.07, 6.45) is 1.67. The lowest BCUT2D eigenvalue weighted by Crippen LogP contribution is -2.10. The Bertz CT molecular complexity index is 954. The van der Waals surface area contributed by atoms with E-state index in [0.29, 0.717) is 18.9 Å². The van der Waals surface area contributed by atoms with Gasteiger partial charge in [0.1, 0.15) is 5.76 Å². The van der Waals surface area contributed by atoms with E-state index in [1.54, 1.807) is 13.4 Å². The molecular weight excluding hydrogens is 374 g/mol. The number of carbonyl (C=O) groups excluding carboxylic acids is 1. The molecule has 3 aromatic heterocycles. The van der Waals surface area contributed by atoms with Gasteiger partial charge in [-0.1, -0.05) is 11.8 Å². The van der Waals surface area contributed by atoms with Crippen LogP contribution in [0.4, 0.5) is 0 Å². The molecule has 28 heavy (non-hydrogen) atoms. The zero-order chi connectivity index (χ0) is 20.3. The minimum atomic E-state index is 0.111. The van der Waals surface area contributed by atoms with Crippen LogP contribution in [0, 0.1) is 27.7 Å². The average molecular weight is 402 g/mol. The molecule has 0 fully saturated rings. The number of rotatable bonds is 9. The maximum atomic E-state index is 12.9. The molecule has 3 rings (SSSR count). The first-order valence-electron chi connectivity index (χ1n) is 9.30. The maximum absolute atomic E-state index is 12.9. The summed E-state index contributed by atoms with van der Waals surface area (Å²) >= 11 is 1.48. The van der Waals surface area contributed by atoms with Crippen molar-refractivity contribution in [1.29, 1.82) is 0 Å². The van der Waals surface area contributed by atoms with E-state index in [4.69, 9.17) is 9.15 Å². The molecule has 150 valence electrons. The van der Waals surface area contributed by atoms with Crippen LogP contribution in [0.5, 0.6) is 0 Å². The van der Waals surface area contributed by atoms with Crippen LogP contribution in [0.15, 0.2) is 34.0 Å². The van der Waals surface area contributed by atoms with Crippen LogP contribution >= 0.6 is 11.8 Å². The topological polar surface area (TPSA) is 62.2 Å². The number of aromatic nitrogens is 3. The molecule has 0 aromatic carbocycles. The second kappa shape index (κ2) is 8.84. The summed E-state index contributed by atoms with van der Waals surface area (Å²) in [5.74, 6) is 1.34. The first-order chi connectivity index (χ1) is 13.4. The summed E-state index contributed by atoms with van der Waals surface area (Å²) in [6.45, 7) is 10.0. The number of imidazole rings is 1. The molecule has 0 aliphatic rings. The lowest BCUT2D eigenvalue weighted by Gasteiger charge is -2.09. The SMILES string of the molecule is COCCn1c(SCC(=O)c2cc(C)n(Cc3ccco3)c2C)nc(C)c1C. The summed E-state index contributed by atoms with van der Waals surface area (Å²) in [5.41, 5.74) is 4.89. The van der Waals surface area contributed by atoms with Gasteiger partial charge >= 0.3 is 0 Å². The van der Waals surface area contributed by atoms with Gasteiger partial charge in [-0.2, -0.15) is 0 Å². The first-order valence-corrected chi connectivity index (χ1v) is 10.3. The Morgan fingerprint density at radius 2 is 2.00 bits per heavy atom. The number of methoxy groups -OCH3 is 1. The van der Waals surface area contributed by atoms with Crippen molar-refractivity contribution in [2.75, 3.05) is 19.5 Å². The Hall–Kier alpha value is -2.25. The summed E-state index contributed by atoms with van der Waals surface area (Å²) in [6, 6.07) is 5.79. The summed E-state index contributed by atoms with van der Waals surface area (Å²) in [4.78, 5) is 17.5. The fourth-order valence-corrected chi connectivity index (χ4v) is 4.27. The van der Waals surface area contributed by atoms with Gasteiger partial charge in [-0.25, -0.2) is 4.98 Å². The van der Waals surface area contributed by atoms with Crippen LogP contribution in [0.2, 0.25) is 0 Å². The highest BCUT2D eigenvalue weighted by Crippen LogP contribution is 2.24. The third-order valence-corrected chi connectivity index (χ3v) is 6.02. The smallest absolute Gasteiger partial charge is 0.175 e. The number of hydrogen-bond acceptors (Lipinski definition) is 5. The van der Waals surface area contributed by atoms with Gasteiger partial charge in [0.05, 0.1) is 30.9 Å². The molecule has 0 radical (unpaired) electrons. The number of hydrogen-bond donors (Lipinski definition) is 0. The minimum Gasteiger partial charge on any atom is -0.467 e. The predicted octanol–water partition coefficient (Wildman–Crippen LogP) is 4.18. The van der Waals surface area contributed by atoms with Crippen molar-refractivity contribution < 1.29 is 13.9 Å². The maximum Gasteiger partial charge on any atom is 0.175 e. The summed E-state index contributed by atoms with van der Waals surface area (Å²) in [5, 5.41) is 0.866. The number of ketones is 1. The molecule has 0 bridgehead atoms. The molecule has 3 aromatic rings. The van der Waals surface area contributed by atoms with E-state index in [0.717, 1.165) is 45.8 Å². The fraction of sp³-hybridized carbons (Fsp3) is 0.429. The van der Waals surface area contributed by atoms with Crippen molar-refractivity contribution in [3.05, 3.63) is 58.6 Å². The van der Waals surface area contributed by atoms with Crippen molar-refractivity contribution in [1.82, 2.24) is 14.1 Å². The van der Waals surface area contributed by atoms with E-state index in [1.807, 2.05) is 45.9 Å². The van der Waals surface area contributed by atoms with Crippen LogP contribution < -0.4 is 0 Å². The molecular formula is C21H27N3O3S. The van der Waals surface area contributed by atoms with Crippen LogP contribution in [0.25, 0.3) is 0 Å². The second-order valence-electron chi connectivity index (χ2n) is 6.87. The number of Topliss-reactive ketones (excluding diaryl/α,β-unsaturated/α-hetero) is 1. The zero-order valence-electron chi connectivity index (χ0n) is 17.1. The summed E-state index contributed by atoms with van der Waals surface area (Å²) < 4.78 is 14.9. The van der Waals surface area contributed by atoms with Crippen molar-refractivity contribution in [3.63, 3.8) is 0 Å². The molecule has 0 saturated heterocycles. The van der Waals surface area contributed by atoms with E-state index in [2.05, 4.69) is 14.1 Å². The Balaban J connectivity index is 1.73.